The topological polar surface area (TPSA) is 107 Å². The maximum atomic E-state index is 13.5. The van der Waals surface area contributed by atoms with Crippen molar-refractivity contribution in [3.05, 3.63) is 77.9 Å². The number of nitrogens with zero attached hydrogens (tertiary/aromatic N) is 2. The van der Waals surface area contributed by atoms with E-state index in [0.717, 1.165) is 9.87 Å². The molecule has 0 atom stereocenters. The molecule has 190 valence electrons. The largest absolute Gasteiger partial charge is 0.497 e. The van der Waals surface area contributed by atoms with E-state index in [1.807, 2.05) is 6.92 Å². The third kappa shape index (κ3) is 6.14. The Morgan fingerprint density at radius 2 is 1.53 bits per heavy atom. The van der Waals surface area contributed by atoms with E-state index in [9.17, 15) is 13.2 Å². The molecule has 0 heterocycles. The number of methoxy groups -OCH3 is 3. The Balaban J connectivity index is 1.86. The van der Waals surface area contributed by atoms with Crippen LogP contribution in [0, 0.1) is 6.92 Å². The number of hydrogen-bond acceptors (Lipinski definition) is 7. The second-order valence-corrected chi connectivity index (χ2v) is 9.69. The number of hydrazone groups is 1. The SMILES string of the molecule is COc1ccc(S(=O)(=O)N(CC(=O)NN=C(C)c2ccc(OC)c(OC)c2)c2ccc(C)cc2)cc1. The molecule has 3 aromatic rings. The van der Waals surface area contributed by atoms with E-state index >= 15 is 0 Å². The van der Waals surface area contributed by atoms with Gasteiger partial charge in [0.05, 0.1) is 37.6 Å². The van der Waals surface area contributed by atoms with Gasteiger partial charge in [-0.15, -0.1) is 0 Å². The van der Waals surface area contributed by atoms with Crippen molar-refractivity contribution in [2.75, 3.05) is 32.2 Å². The Hall–Kier alpha value is -4.05. The molecule has 0 fully saturated rings. The van der Waals surface area contributed by atoms with Crippen molar-refractivity contribution >= 4 is 27.3 Å². The van der Waals surface area contributed by atoms with Gasteiger partial charge in [0.2, 0.25) is 0 Å². The van der Waals surface area contributed by atoms with Crippen molar-refractivity contribution in [2.45, 2.75) is 18.7 Å². The van der Waals surface area contributed by atoms with Gasteiger partial charge in [-0.2, -0.15) is 5.10 Å². The highest BCUT2D eigenvalue weighted by Crippen LogP contribution is 2.28. The lowest BCUT2D eigenvalue weighted by Crippen LogP contribution is -2.39. The number of rotatable bonds is 10. The molecule has 0 radical (unpaired) electrons. The van der Waals surface area contributed by atoms with Crippen LogP contribution in [-0.4, -0.2) is 47.9 Å². The maximum absolute atomic E-state index is 13.5. The van der Waals surface area contributed by atoms with E-state index in [2.05, 4.69) is 10.5 Å². The smallest absolute Gasteiger partial charge is 0.264 e. The summed E-state index contributed by atoms with van der Waals surface area (Å²) in [6, 6.07) is 18.1. The Kier molecular flexibility index (Phi) is 8.55. The van der Waals surface area contributed by atoms with E-state index in [1.165, 1.54) is 26.4 Å². The van der Waals surface area contributed by atoms with E-state index < -0.39 is 22.5 Å². The molecule has 0 aliphatic heterocycles. The van der Waals surface area contributed by atoms with Crippen LogP contribution < -0.4 is 23.9 Å². The molecule has 0 unspecified atom stereocenters. The van der Waals surface area contributed by atoms with Crippen LogP contribution in [0.15, 0.2) is 76.7 Å². The highest BCUT2D eigenvalue weighted by molar-refractivity contribution is 7.92. The molecule has 36 heavy (non-hydrogen) atoms. The molecular formula is C26H29N3O6S. The van der Waals surface area contributed by atoms with Gasteiger partial charge in [-0.25, -0.2) is 13.8 Å². The fourth-order valence-corrected chi connectivity index (χ4v) is 4.76. The van der Waals surface area contributed by atoms with Gasteiger partial charge in [0, 0.05) is 5.56 Å². The van der Waals surface area contributed by atoms with Crippen molar-refractivity contribution in [2.24, 2.45) is 5.10 Å². The molecule has 1 N–H and O–H groups in total. The Morgan fingerprint density at radius 1 is 0.889 bits per heavy atom. The number of anilines is 1. The minimum atomic E-state index is -4.06. The van der Waals surface area contributed by atoms with Crippen molar-refractivity contribution < 1.29 is 27.4 Å². The average Bonchev–Trinajstić information content (AvgIpc) is 2.90. The zero-order valence-corrected chi connectivity index (χ0v) is 21.6. The minimum Gasteiger partial charge on any atom is -0.497 e. The fourth-order valence-electron chi connectivity index (χ4n) is 3.34. The van der Waals surface area contributed by atoms with Crippen molar-refractivity contribution in [1.29, 1.82) is 0 Å². The number of nitrogens with one attached hydrogen (secondary N) is 1. The van der Waals surface area contributed by atoms with Gasteiger partial charge in [-0.1, -0.05) is 17.7 Å². The number of benzene rings is 3. The Morgan fingerprint density at radius 3 is 2.11 bits per heavy atom. The number of ether oxygens (including phenoxy) is 3. The van der Waals surface area contributed by atoms with Crippen LogP contribution in [0.25, 0.3) is 0 Å². The van der Waals surface area contributed by atoms with Crippen LogP contribution in [-0.2, 0) is 14.8 Å². The van der Waals surface area contributed by atoms with Gasteiger partial charge >= 0.3 is 0 Å². The van der Waals surface area contributed by atoms with Gasteiger partial charge in [0.1, 0.15) is 12.3 Å². The summed E-state index contributed by atoms with van der Waals surface area (Å²) >= 11 is 0. The summed E-state index contributed by atoms with van der Waals surface area (Å²) in [5.41, 5.74) is 4.97. The number of carbonyl (C=O) groups excluding carboxylic acids is 1. The highest BCUT2D eigenvalue weighted by atomic mass is 32.2. The van der Waals surface area contributed by atoms with Crippen LogP contribution in [0.3, 0.4) is 0 Å². The second kappa shape index (κ2) is 11.6. The Bertz CT molecular complexity index is 1340. The van der Waals surface area contributed by atoms with Crippen LogP contribution >= 0.6 is 0 Å². The number of sulfonamides is 1. The van der Waals surface area contributed by atoms with Gasteiger partial charge < -0.3 is 14.2 Å². The molecule has 9 nitrogen and oxygen atoms in total. The number of carbonyl (C=O) groups is 1. The third-order valence-electron chi connectivity index (χ3n) is 5.41. The molecule has 0 aliphatic carbocycles. The maximum Gasteiger partial charge on any atom is 0.264 e. The van der Waals surface area contributed by atoms with Crippen molar-refractivity contribution in [1.82, 2.24) is 5.43 Å². The zero-order valence-electron chi connectivity index (χ0n) is 20.8. The molecular weight excluding hydrogens is 482 g/mol. The van der Waals surface area contributed by atoms with Crippen LogP contribution in [0.4, 0.5) is 5.69 Å². The lowest BCUT2D eigenvalue weighted by molar-refractivity contribution is -0.119. The highest BCUT2D eigenvalue weighted by Gasteiger charge is 2.27. The first kappa shape index (κ1) is 26.6. The minimum absolute atomic E-state index is 0.0293. The summed E-state index contributed by atoms with van der Waals surface area (Å²) in [6.45, 7) is 3.14. The standard InChI is InChI=1S/C26H29N3O6S/c1-18-6-9-21(10-7-18)29(36(31,32)23-13-11-22(33-3)12-14-23)17-26(30)28-27-19(2)20-8-15-24(34-4)25(16-20)35-5/h6-16H,17H2,1-5H3,(H,28,30). The second-order valence-electron chi connectivity index (χ2n) is 7.82. The predicted molar refractivity (Wildman–Crippen MR) is 139 cm³/mol. The first-order valence-electron chi connectivity index (χ1n) is 11.0. The van der Waals surface area contributed by atoms with Crippen LogP contribution in [0.5, 0.6) is 17.2 Å². The number of hydrogen-bond donors (Lipinski definition) is 1. The summed E-state index contributed by atoms with van der Waals surface area (Å²) in [4.78, 5) is 12.9. The predicted octanol–water partition coefficient (Wildman–Crippen LogP) is 3.76. The molecule has 0 saturated carbocycles. The molecule has 10 heteroatoms. The molecule has 0 saturated heterocycles. The molecule has 3 aromatic carbocycles. The quantitative estimate of drug-likeness (QED) is 0.328. The van der Waals surface area contributed by atoms with Crippen molar-refractivity contribution in [3.63, 3.8) is 0 Å². The summed E-state index contributed by atoms with van der Waals surface area (Å²) < 4.78 is 43.7. The lowest BCUT2D eigenvalue weighted by Gasteiger charge is -2.24. The molecule has 1 amide bonds. The van der Waals surface area contributed by atoms with Gasteiger partial charge in [0.25, 0.3) is 15.9 Å². The van der Waals surface area contributed by atoms with Crippen LogP contribution in [0.1, 0.15) is 18.1 Å². The number of amides is 1. The monoisotopic (exact) mass is 511 g/mol. The number of aryl methyl sites for hydroxylation is 1. The zero-order chi connectivity index (χ0) is 26.3. The summed E-state index contributed by atoms with van der Waals surface area (Å²) in [5.74, 6) is 1.00. The average molecular weight is 512 g/mol. The molecule has 0 spiro atoms. The van der Waals surface area contributed by atoms with E-state index in [4.69, 9.17) is 14.2 Å². The van der Waals surface area contributed by atoms with E-state index in [1.54, 1.807) is 68.6 Å². The van der Waals surface area contributed by atoms with Gasteiger partial charge in [-0.05, 0) is 68.4 Å². The fraction of sp³-hybridized carbons (Fsp3) is 0.231. The molecule has 0 bridgehead atoms. The molecule has 3 rings (SSSR count). The van der Waals surface area contributed by atoms with E-state index in [0.29, 0.717) is 34.2 Å². The summed E-state index contributed by atoms with van der Waals surface area (Å²) in [7, 11) is 0.507. The van der Waals surface area contributed by atoms with Crippen LogP contribution in [0.2, 0.25) is 0 Å². The third-order valence-corrected chi connectivity index (χ3v) is 7.19. The first-order valence-corrected chi connectivity index (χ1v) is 12.4. The lowest BCUT2D eigenvalue weighted by atomic mass is 10.1. The summed E-state index contributed by atoms with van der Waals surface area (Å²) in [5, 5.41) is 4.15. The normalized spacial score (nSPS) is 11.5. The first-order chi connectivity index (χ1) is 17.2. The van der Waals surface area contributed by atoms with Gasteiger partial charge in [0.15, 0.2) is 11.5 Å². The van der Waals surface area contributed by atoms with Gasteiger partial charge in [-0.3, -0.25) is 9.10 Å². The summed E-state index contributed by atoms with van der Waals surface area (Å²) in [6.07, 6.45) is 0. The molecule has 0 aliphatic rings. The van der Waals surface area contributed by atoms with E-state index in [-0.39, 0.29) is 4.90 Å². The molecule has 0 aromatic heterocycles. The Labute approximate surface area is 211 Å². The van der Waals surface area contributed by atoms with Crippen molar-refractivity contribution in [3.8, 4) is 17.2 Å².